The highest BCUT2D eigenvalue weighted by Gasteiger charge is 2.18. The van der Waals surface area contributed by atoms with Gasteiger partial charge in [-0.05, 0) is 24.7 Å². The molecule has 4 N–H and O–H groups in total. The van der Waals surface area contributed by atoms with Crippen molar-refractivity contribution in [1.82, 2.24) is 10.6 Å². The fourth-order valence-corrected chi connectivity index (χ4v) is 2.55. The van der Waals surface area contributed by atoms with Gasteiger partial charge in [-0.15, -0.1) is 0 Å². The first kappa shape index (κ1) is 15.8. The lowest BCUT2D eigenvalue weighted by molar-refractivity contribution is -0.146. The zero-order valence-corrected chi connectivity index (χ0v) is 11.4. The molecule has 1 aliphatic rings. The van der Waals surface area contributed by atoms with Crippen molar-refractivity contribution in [2.45, 2.75) is 45.1 Å². The SMILES string of the molecule is CC1CCCC(CCNC(=O)NC[C@H](O)C(=O)O)C1. The summed E-state index contributed by atoms with van der Waals surface area (Å²) >= 11 is 0. The molecule has 1 fully saturated rings. The Bertz CT molecular complexity index is 309. The Labute approximate surface area is 113 Å². The maximum Gasteiger partial charge on any atom is 0.334 e. The second-order valence-corrected chi connectivity index (χ2v) is 5.42. The predicted octanol–water partition coefficient (Wildman–Crippen LogP) is 0.947. The molecule has 2 amide bonds. The van der Waals surface area contributed by atoms with Crippen LogP contribution in [0.1, 0.15) is 39.0 Å². The lowest BCUT2D eigenvalue weighted by Crippen LogP contribution is -2.42. The van der Waals surface area contributed by atoms with Crippen LogP contribution < -0.4 is 10.6 Å². The van der Waals surface area contributed by atoms with Gasteiger partial charge in [-0.2, -0.15) is 0 Å². The first-order chi connectivity index (χ1) is 8.99. The number of urea groups is 1. The van der Waals surface area contributed by atoms with Crippen molar-refractivity contribution in [2.75, 3.05) is 13.1 Å². The number of carboxylic acid groups (broad SMARTS) is 1. The zero-order chi connectivity index (χ0) is 14.3. The maximum atomic E-state index is 11.3. The minimum absolute atomic E-state index is 0.276. The van der Waals surface area contributed by atoms with E-state index in [0.29, 0.717) is 12.5 Å². The molecule has 0 radical (unpaired) electrons. The summed E-state index contributed by atoms with van der Waals surface area (Å²) in [6.07, 6.45) is 4.43. The summed E-state index contributed by atoms with van der Waals surface area (Å²) in [5.41, 5.74) is 0. The van der Waals surface area contributed by atoms with Crippen molar-refractivity contribution in [3.8, 4) is 0 Å². The van der Waals surface area contributed by atoms with Crippen LogP contribution in [0.25, 0.3) is 0 Å². The van der Waals surface area contributed by atoms with Gasteiger partial charge in [0.15, 0.2) is 6.10 Å². The number of aliphatic hydroxyl groups excluding tert-OH is 1. The molecule has 19 heavy (non-hydrogen) atoms. The Morgan fingerprint density at radius 3 is 2.68 bits per heavy atom. The topological polar surface area (TPSA) is 98.7 Å². The molecule has 0 heterocycles. The van der Waals surface area contributed by atoms with Crippen molar-refractivity contribution in [2.24, 2.45) is 11.8 Å². The molecular formula is C13H24N2O4. The van der Waals surface area contributed by atoms with Crippen molar-refractivity contribution >= 4 is 12.0 Å². The second kappa shape index (κ2) is 7.99. The number of aliphatic carboxylic acids is 1. The first-order valence-electron chi connectivity index (χ1n) is 6.91. The summed E-state index contributed by atoms with van der Waals surface area (Å²) < 4.78 is 0. The van der Waals surface area contributed by atoms with Gasteiger partial charge in [-0.1, -0.05) is 26.2 Å². The third kappa shape index (κ3) is 6.42. The van der Waals surface area contributed by atoms with Gasteiger partial charge in [0.1, 0.15) is 0 Å². The van der Waals surface area contributed by atoms with E-state index in [9.17, 15) is 9.59 Å². The average Bonchev–Trinajstić information content (AvgIpc) is 2.36. The Hall–Kier alpha value is -1.30. The van der Waals surface area contributed by atoms with Gasteiger partial charge in [-0.3, -0.25) is 0 Å². The minimum Gasteiger partial charge on any atom is -0.479 e. The number of amides is 2. The Morgan fingerprint density at radius 1 is 1.32 bits per heavy atom. The van der Waals surface area contributed by atoms with Crippen LogP contribution in [0.4, 0.5) is 4.79 Å². The van der Waals surface area contributed by atoms with E-state index in [2.05, 4.69) is 17.6 Å². The Kier molecular flexibility index (Phi) is 6.62. The largest absolute Gasteiger partial charge is 0.479 e. The maximum absolute atomic E-state index is 11.3. The lowest BCUT2D eigenvalue weighted by Gasteiger charge is -2.26. The predicted molar refractivity (Wildman–Crippen MR) is 70.8 cm³/mol. The van der Waals surface area contributed by atoms with E-state index < -0.39 is 18.1 Å². The summed E-state index contributed by atoms with van der Waals surface area (Å²) in [6.45, 7) is 2.58. The van der Waals surface area contributed by atoms with E-state index in [1.165, 1.54) is 25.7 Å². The van der Waals surface area contributed by atoms with Gasteiger partial charge in [0.05, 0.1) is 6.54 Å². The monoisotopic (exact) mass is 272 g/mol. The number of nitrogens with one attached hydrogen (secondary N) is 2. The van der Waals surface area contributed by atoms with Crippen molar-refractivity contribution in [3.63, 3.8) is 0 Å². The van der Waals surface area contributed by atoms with E-state index in [0.717, 1.165) is 12.3 Å². The number of aliphatic hydroxyl groups is 1. The van der Waals surface area contributed by atoms with E-state index in [1.54, 1.807) is 0 Å². The molecule has 0 aromatic carbocycles. The fraction of sp³-hybridized carbons (Fsp3) is 0.846. The Balaban J connectivity index is 2.08. The number of hydrogen-bond acceptors (Lipinski definition) is 3. The standard InChI is InChI=1S/C13H24N2O4/c1-9-3-2-4-10(7-9)5-6-14-13(19)15-8-11(16)12(17)18/h9-11,16H,2-8H2,1H3,(H,17,18)(H2,14,15,19)/t9?,10?,11-/m0/s1. The summed E-state index contributed by atoms with van der Waals surface area (Å²) in [6, 6.07) is -0.427. The number of rotatable bonds is 6. The normalized spacial score (nSPS) is 24.5. The summed E-state index contributed by atoms with van der Waals surface area (Å²) in [5, 5.41) is 22.5. The fourth-order valence-electron chi connectivity index (χ4n) is 2.55. The van der Waals surface area contributed by atoms with Gasteiger partial charge >= 0.3 is 12.0 Å². The first-order valence-corrected chi connectivity index (χ1v) is 6.91. The van der Waals surface area contributed by atoms with Crippen LogP contribution in [-0.2, 0) is 4.79 Å². The van der Waals surface area contributed by atoms with Gasteiger partial charge in [0.2, 0.25) is 0 Å². The second-order valence-electron chi connectivity index (χ2n) is 5.42. The molecule has 0 saturated heterocycles. The van der Waals surface area contributed by atoms with Crippen LogP contribution in [0.15, 0.2) is 0 Å². The van der Waals surface area contributed by atoms with E-state index >= 15 is 0 Å². The lowest BCUT2D eigenvalue weighted by atomic mass is 9.81. The third-order valence-electron chi connectivity index (χ3n) is 3.62. The molecule has 1 saturated carbocycles. The number of carboxylic acids is 1. The molecular weight excluding hydrogens is 248 g/mol. The summed E-state index contributed by atoms with van der Waals surface area (Å²) in [4.78, 5) is 21.7. The molecule has 0 bridgehead atoms. The molecule has 0 aromatic rings. The van der Waals surface area contributed by atoms with E-state index in [4.69, 9.17) is 10.2 Å². The molecule has 0 spiro atoms. The number of carbonyl (C=O) groups excluding carboxylic acids is 1. The molecule has 6 nitrogen and oxygen atoms in total. The van der Waals surface area contributed by atoms with Gasteiger partial charge in [0, 0.05) is 6.54 Å². The van der Waals surface area contributed by atoms with Crippen LogP contribution in [0.3, 0.4) is 0 Å². The van der Waals surface area contributed by atoms with Gasteiger partial charge in [0.25, 0.3) is 0 Å². The van der Waals surface area contributed by atoms with E-state index in [1.807, 2.05) is 0 Å². The van der Waals surface area contributed by atoms with E-state index in [-0.39, 0.29) is 6.54 Å². The van der Waals surface area contributed by atoms with Crippen LogP contribution >= 0.6 is 0 Å². The molecule has 1 rings (SSSR count). The average molecular weight is 272 g/mol. The molecule has 6 heteroatoms. The summed E-state index contributed by atoms with van der Waals surface area (Å²) in [5.74, 6) is 0.114. The molecule has 110 valence electrons. The number of carbonyl (C=O) groups is 2. The molecule has 2 unspecified atom stereocenters. The highest BCUT2D eigenvalue weighted by atomic mass is 16.4. The third-order valence-corrected chi connectivity index (χ3v) is 3.62. The van der Waals surface area contributed by atoms with Crippen LogP contribution in [0.5, 0.6) is 0 Å². The molecule has 0 aliphatic heterocycles. The van der Waals surface area contributed by atoms with Crippen molar-refractivity contribution in [1.29, 1.82) is 0 Å². The van der Waals surface area contributed by atoms with Crippen molar-refractivity contribution < 1.29 is 19.8 Å². The number of hydrogen-bond donors (Lipinski definition) is 4. The minimum atomic E-state index is -1.55. The van der Waals surface area contributed by atoms with Gasteiger partial charge < -0.3 is 20.8 Å². The highest BCUT2D eigenvalue weighted by Crippen LogP contribution is 2.30. The van der Waals surface area contributed by atoms with Crippen LogP contribution in [0, 0.1) is 11.8 Å². The zero-order valence-electron chi connectivity index (χ0n) is 11.4. The van der Waals surface area contributed by atoms with Gasteiger partial charge in [-0.25, -0.2) is 9.59 Å². The Morgan fingerprint density at radius 2 is 2.05 bits per heavy atom. The smallest absolute Gasteiger partial charge is 0.334 e. The molecule has 3 atom stereocenters. The highest BCUT2D eigenvalue weighted by molar-refractivity contribution is 5.76. The molecule has 0 aromatic heterocycles. The van der Waals surface area contributed by atoms with Crippen LogP contribution in [-0.4, -0.2) is 41.4 Å². The quantitative estimate of drug-likeness (QED) is 0.578. The van der Waals surface area contributed by atoms with Crippen LogP contribution in [0.2, 0.25) is 0 Å². The molecule has 1 aliphatic carbocycles. The summed E-state index contributed by atoms with van der Waals surface area (Å²) in [7, 11) is 0. The van der Waals surface area contributed by atoms with Crippen molar-refractivity contribution in [3.05, 3.63) is 0 Å².